The van der Waals surface area contributed by atoms with Crippen molar-refractivity contribution in [3.63, 3.8) is 0 Å². The van der Waals surface area contributed by atoms with Crippen molar-refractivity contribution in [2.75, 3.05) is 0 Å². The summed E-state index contributed by atoms with van der Waals surface area (Å²) in [6.07, 6.45) is 3.23. The highest BCUT2D eigenvalue weighted by atomic mass is 16.2. The van der Waals surface area contributed by atoms with Crippen LogP contribution in [0.3, 0.4) is 0 Å². The molecule has 0 saturated carbocycles. The van der Waals surface area contributed by atoms with Gasteiger partial charge in [-0.15, -0.1) is 0 Å². The molecule has 98 valence electrons. The number of aromatic nitrogens is 4. The standard InChI is InChI=1S/C14H10N4O2/c1-8(19)18-10-5-3-2-4-9(10)11-14(18)17-7-6-15-12(17)13(20)16-11/h2-7H,1H3,(H,16,20). The molecule has 0 saturated heterocycles. The molecule has 0 unspecified atom stereocenters. The molecule has 6 nitrogen and oxygen atoms in total. The van der Waals surface area contributed by atoms with Gasteiger partial charge in [-0.2, -0.15) is 0 Å². The molecule has 0 atom stereocenters. The van der Waals surface area contributed by atoms with Gasteiger partial charge in [0.2, 0.25) is 11.6 Å². The predicted molar refractivity (Wildman–Crippen MR) is 75.1 cm³/mol. The molecule has 0 radical (unpaired) electrons. The van der Waals surface area contributed by atoms with Gasteiger partial charge >= 0.3 is 0 Å². The Morgan fingerprint density at radius 1 is 1.30 bits per heavy atom. The molecule has 0 fully saturated rings. The number of benzene rings is 1. The van der Waals surface area contributed by atoms with E-state index < -0.39 is 0 Å². The zero-order chi connectivity index (χ0) is 13.9. The number of carbonyl (C=O) groups is 1. The molecule has 0 aliphatic heterocycles. The van der Waals surface area contributed by atoms with Crippen LogP contribution in [0.2, 0.25) is 0 Å². The first kappa shape index (κ1) is 11.0. The van der Waals surface area contributed by atoms with Gasteiger partial charge < -0.3 is 4.98 Å². The Morgan fingerprint density at radius 3 is 2.90 bits per heavy atom. The number of carbonyl (C=O) groups excluding carboxylic acids is 1. The zero-order valence-corrected chi connectivity index (χ0v) is 10.6. The molecule has 1 N–H and O–H groups in total. The van der Waals surface area contributed by atoms with E-state index in [1.165, 1.54) is 6.92 Å². The third kappa shape index (κ3) is 1.20. The number of aromatic amines is 1. The Hall–Kier alpha value is -2.89. The smallest absolute Gasteiger partial charge is 0.292 e. The lowest BCUT2D eigenvalue weighted by molar-refractivity contribution is 0.0945. The van der Waals surface area contributed by atoms with E-state index in [2.05, 4.69) is 9.97 Å². The van der Waals surface area contributed by atoms with Crippen molar-refractivity contribution in [3.05, 3.63) is 47.0 Å². The van der Waals surface area contributed by atoms with Gasteiger partial charge in [-0.05, 0) is 6.07 Å². The van der Waals surface area contributed by atoms with Gasteiger partial charge in [0, 0.05) is 24.7 Å². The van der Waals surface area contributed by atoms with Gasteiger partial charge in [-0.3, -0.25) is 18.6 Å². The van der Waals surface area contributed by atoms with Crippen LogP contribution in [0, 0.1) is 0 Å². The monoisotopic (exact) mass is 266 g/mol. The van der Waals surface area contributed by atoms with Crippen molar-refractivity contribution in [2.45, 2.75) is 6.92 Å². The van der Waals surface area contributed by atoms with E-state index in [1.54, 1.807) is 21.4 Å². The van der Waals surface area contributed by atoms with Crippen molar-refractivity contribution >= 4 is 33.6 Å². The normalized spacial score (nSPS) is 11.7. The molecule has 3 heterocycles. The van der Waals surface area contributed by atoms with Crippen LogP contribution >= 0.6 is 0 Å². The van der Waals surface area contributed by atoms with Gasteiger partial charge in [-0.1, -0.05) is 18.2 Å². The maximum absolute atomic E-state index is 12.0. The van der Waals surface area contributed by atoms with E-state index >= 15 is 0 Å². The Morgan fingerprint density at radius 2 is 2.10 bits per heavy atom. The number of fused-ring (bicyclic) bond motifs is 5. The number of para-hydroxylation sites is 1. The van der Waals surface area contributed by atoms with Crippen molar-refractivity contribution in [1.82, 2.24) is 18.9 Å². The van der Waals surface area contributed by atoms with Crippen LogP contribution < -0.4 is 5.56 Å². The summed E-state index contributed by atoms with van der Waals surface area (Å²) in [5.74, 6) is -0.113. The number of H-pyrrole nitrogens is 1. The zero-order valence-electron chi connectivity index (χ0n) is 10.6. The molecule has 4 aromatic rings. The quantitative estimate of drug-likeness (QED) is 0.527. The number of nitrogens with one attached hydrogen (secondary N) is 1. The first-order chi connectivity index (χ1) is 9.68. The summed E-state index contributed by atoms with van der Waals surface area (Å²) in [6.45, 7) is 1.50. The Balaban J connectivity index is 2.46. The number of rotatable bonds is 0. The topological polar surface area (TPSA) is 72.2 Å². The Labute approximate surface area is 112 Å². The van der Waals surface area contributed by atoms with E-state index in [0.717, 1.165) is 10.9 Å². The molecule has 4 rings (SSSR count). The minimum absolute atomic E-state index is 0.113. The highest BCUT2D eigenvalue weighted by Gasteiger charge is 2.17. The molecule has 0 spiro atoms. The first-order valence-electron chi connectivity index (χ1n) is 6.18. The average Bonchev–Trinajstić information content (AvgIpc) is 3.01. The van der Waals surface area contributed by atoms with E-state index in [1.807, 2.05) is 24.3 Å². The van der Waals surface area contributed by atoms with Crippen molar-refractivity contribution in [1.29, 1.82) is 0 Å². The van der Waals surface area contributed by atoms with Gasteiger partial charge in [0.15, 0.2) is 5.65 Å². The van der Waals surface area contributed by atoms with Crippen molar-refractivity contribution in [2.24, 2.45) is 0 Å². The van der Waals surface area contributed by atoms with Crippen LogP contribution in [0.15, 0.2) is 41.5 Å². The number of imidazole rings is 1. The Kier molecular flexibility index (Phi) is 1.96. The van der Waals surface area contributed by atoms with Gasteiger partial charge in [0.1, 0.15) is 0 Å². The SMILES string of the molecule is CC(=O)n1c2ccccc2c2[nH]c(=O)c3nccn3c21. The van der Waals surface area contributed by atoms with Crippen LogP contribution in [0.1, 0.15) is 11.7 Å². The van der Waals surface area contributed by atoms with E-state index in [-0.39, 0.29) is 17.1 Å². The summed E-state index contributed by atoms with van der Waals surface area (Å²) in [6, 6.07) is 7.49. The summed E-state index contributed by atoms with van der Waals surface area (Å²) < 4.78 is 3.24. The summed E-state index contributed by atoms with van der Waals surface area (Å²) in [5, 5.41) is 0.838. The molecule has 3 aromatic heterocycles. The molecule has 0 amide bonds. The van der Waals surface area contributed by atoms with Crippen LogP contribution in [0.5, 0.6) is 0 Å². The second-order valence-corrected chi connectivity index (χ2v) is 4.65. The lowest BCUT2D eigenvalue weighted by atomic mass is 10.2. The van der Waals surface area contributed by atoms with Gasteiger partial charge in [0.05, 0.1) is 11.0 Å². The van der Waals surface area contributed by atoms with Crippen molar-refractivity contribution in [3.8, 4) is 0 Å². The molecule has 1 aromatic carbocycles. The number of hydrogen-bond acceptors (Lipinski definition) is 3. The maximum Gasteiger partial charge on any atom is 0.292 e. The number of nitrogens with zero attached hydrogens (tertiary/aromatic N) is 3. The lowest BCUT2D eigenvalue weighted by Crippen LogP contribution is -2.13. The molecule has 0 bridgehead atoms. The highest BCUT2D eigenvalue weighted by Crippen LogP contribution is 2.26. The summed E-state index contributed by atoms with van der Waals surface area (Å²) in [7, 11) is 0. The Bertz CT molecular complexity index is 1050. The third-order valence-corrected chi connectivity index (χ3v) is 3.48. The van der Waals surface area contributed by atoms with E-state index in [9.17, 15) is 9.59 Å². The fourth-order valence-corrected chi connectivity index (χ4v) is 2.71. The fraction of sp³-hybridized carbons (Fsp3) is 0.0714. The van der Waals surface area contributed by atoms with Crippen LogP contribution in [-0.2, 0) is 0 Å². The molecule has 6 heteroatoms. The maximum atomic E-state index is 12.0. The third-order valence-electron chi connectivity index (χ3n) is 3.48. The predicted octanol–water partition coefficient (Wildman–Crippen LogP) is 1.79. The second-order valence-electron chi connectivity index (χ2n) is 4.65. The van der Waals surface area contributed by atoms with Crippen LogP contribution in [-0.4, -0.2) is 24.8 Å². The van der Waals surface area contributed by atoms with E-state index in [4.69, 9.17) is 0 Å². The fourth-order valence-electron chi connectivity index (χ4n) is 2.71. The average molecular weight is 266 g/mol. The lowest BCUT2D eigenvalue weighted by Gasteiger charge is -2.03. The largest absolute Gasteiger partial charge is 0.316 e. The second kappa shape index (κ2) is 3.57. The minimum Gasteiger partial charge on any atom is -0.316 e. The van der Waals surface area contributed by atoms with Crippen LogP contribution in [0.25, 0.3) is 27.7 Å². The molecule has 20 heavy (non-hydrogen) atoms. The summed E-state index contributed by atoms with van der Waals surface area (Å²) in [4.78, 5) is 30.9. The van der Waals surface area contributed by atoms with E-state index in [0.29, 0.717) is 11.2 Å². The molecule has 0 aliphatic rings. The van der Waals surface area contributed by atoms with Crippen LogP contribution in [0.4, 0.5) is 0 Å². The minimum atomic E-state index is -0.269. The molecular weight excluding hydrogens is 256 g/mol. The van der Waals surface area contributed by atoms with Crippen molar-refractivity contribution < 1.29 is 4.79 Å². The number of hydrogen-bond donors (Lipinski definition) is 1. The molecule has 0 aliphatic carbocycles. The highest BCUT2D eigenvalue weighted by molar-refractivity contribution is 6.10. The van der Waals surface area contributed by atoms with Gasteiger partial charge in [-0.25, -0.2) is 4.98 Å². The van der Waals surface area contributed by atoms with Gasteiger partial charge in [0.25, 0.3) is 5.56 Å². The first-order valence-corrected chi connectivity index (χ1v) is 6.18. The summed E-state index contributed by atoms with van der Waals surface area (Å²) in [5.41, 5.74) is 2.06. The summed E-state index contributed by atoms with van der Waals surface area (Å²) >= 11 is 0. The molecular formula is C14H10N4O2.